The lowest BCUT2D eigenvalue weighted by Crippen LogP contribution is -2.45. The van der Waals surface area contributed by atoms with E-state index >= 15 is 0 Å². The Morgan fingerprint density at radius 1 is 1.12 bits per heavy atom. The maximum Gasteiger partial charge on any atom is 0.321 e. The highest BCUT2D eigenvalue weighted by molar-refractivity contribution is 7.92. The number of amides is 2. The number of aromatic nitrogens is 2. The zero-order valence-electron chi connectivity index (χ0n) is 22.9. The predicted molar refractivity (Wildman–Crippen MR) is 153 cm³/mol. The molecule has 2 amide bonds. The lowest BCUT2D eigenvalue weighted by Gasteiger charge is -2.36. The Morgan fingerprint density at radius 3 is 2.45 bits per heavy atom. The molecule has 2 aliphatic rings. The van der Waals surface area contributed by atoms with Crippen LogP contribution in [0.2, 0.25) is 0 Å². The molecule has 212 valence electrons. The summed E-state index contributed by atoms with van der Waals surface area (Å²) in [5, 5.41) is 14.9. The van der Waals surface area contributed by atoms with E-state index in [1.807, 2.05) is 6.07 Å². The first-order valence-corrected chi connectivity index (χ1v) is 15.0. The molecule has 3 N–H and O–H groups in total. The predicted octanol–water partition coefficient (Wildman–Crippen LogP) is 4.07. The van der Waals surface area contributed by atoms with Crippen molar-refractivity contribution in [1.29, 1.82) is 0 Å². The first-order chi connectivity index (χ1) is 19.0. The van der Waals surface area contributed by atoms with Crippen LogP contribution < -0.4 is 15.5 Å². The van der Waals surface area contributed by atoms with E-state index < -0.39 is 26.3 Å². The van der Waals surface area contributed by atoms with E-state index in [9.17, 15) is 18.3 Å². The van der Waals surface area contributed by atoms with Crippen LogP contribution in [0.15, 0.2) is 65.6 Å². The molecule has 1 aromatic heterocycles. The van der Waals surface area contributed by atoms with Gasteiger partial charge in [-0.15, -0.1) is 0 Å². The molecule has 0 unspecified atom stereocenters. The number of rotatable bonds is 8. The zero-order valence-corrected chi connectivity index (χ0v) is 23.7. The van der Waals surface area contributed by atoms with Crippen molar-refractivity contribution in [2.45, 2.75) is 61.4 Å². The van der Waals surface area contributed by atoms with Gasteiger partial charge < -0.3 is 25.4 Å². The first-order valence-electron chi connectivity index (χ1n) is 13.5. The summed E-state index contributed by atoms with van der Waals surface area (Å²) in [7, 11) is -3.69. The molecule has 11 heteroatoms. The number of carbonyl (C=O) groups is 1. The Kier molecular flexibility index (Phi) is 7.56. The third-order valence-corrected chi connectivity index (χ3v) is 9.80. The first kappa shape index (κ1) is 28.0. The second-order valence-electron chi connectivity index (χ2n) is 10.8. The molecule has 2 fully saturated rings. The summed E-state index contributed by atoms with van der Waals surface area (Å²) in [4.78, 5) is 24.3. The van der Waals surface area contributed by atoms with Crippen LogP contribution in [0, 0.1) is 0 Å². The number of nitrogens with one attached hydrogen (secondary N) is 2. The number of hydrogen-bond acceptors (Lipinski definition) is 8. The quantitative estimate of drug-likeness (QED) is 0.348. The topological polar surface area (TPSA) is 134 Å². The van der Waals surface area contributed by atoms with Crippen LogP contribution in [0.5, 0.6) is 0 Å². The molecule has 2 heterocycles. The molecular formula is C29H35N5O5S. The number of urea groups is 1. The van der Waals surface area contributed by atoms with Gasteiger partial charge in [0.25, 0.3) is 0 Å². The highest BCUT2D eigenvalue weighted by Gasteiger charge is 2.58. The van der Waals surface area contributed by atoms with Crippen molar-refractivity contribution < 1.29 is 23.1 Å². The van der Waals surface area contributed by atoms with Gasteiger partial charge in [0.15, 0.2) is 15.7 Å². The molecule has 0 spiro atoms. The molecule has 1 aliphatic heterocycles. The average molecular weight is 566 g/mol. The molecule has 2 aromatic carbocycles. The fourth-order valence-electron chi connectivity index (χ4n) is 4.98. The summed E-state index contributed by atoms with van der Waals surface area (Å²) in [6.45, 7) is 6.82. The van der Waals surface area contributed by atoms with Gasteiger partial charge in [-0.2, -0.15) is 0 Å². The molecule has 3 aromatic rings. The summed E-state index contributed by atoms with van der Waals surface area (Å²) in [5.74, 6) is 1.09. The average Bonchev–Trinajstić information content (AvgIpc) is 3.76. The monoisotopic (exact) mass is 565 g/mol. The van der Waals surface area contributed by atoms with Gasteiger partial charge in [-0.1, -0.05) is 25.1 Å². The third-order valence-electron chi connectivity index (χ3n) is 7.26. The molecule has 1 atom stereocenters. The SMILES string of the molecule is CC[C@H]1COCCN1c1cc(C2(S(=O)(=O)c3ccccc3)CC2)nc(-c2ccc(NC(=O)NC(C)(C)O)cc2)n1. The van der Waals surface area contributed by atoms with Crippen molar-refractivity contribution in [3.63, 3.8) is 0 Å². The Bertz CT molecular complexity index is 1470. The summed E-state index contributed by atoms with van der Waals surface area (Å²) in [6, 6.07) is 16.9. The Hall–Kier alpha value is -3.54. The van der Waals surface area contributed by atoms with Gasteiger partial charge in [0.05, 0.1) is 29.8 Å². The number of benzene rings is 2. The van der Waals surface area contributed by atoms with Gasteiger partial charge in [0, 0.05) is 23.9 Å². The minimum absolute atomic E-state index is 0.117. The number of sulfone groups is 1. The standard InChI is InChI=1S/C29H35N5O5S/c1-4-22-19-39-17-16-34(22)25-18-24(29(14-15-29)40(37,38)23-8-6-5-7-9-23)31-26(32-25)20-10-12-21(13-11-20)30-27(35)33-28(2,3)36/h5-13,18,22,36H,4,14-17,19H2,1-3H3,(H2,30,33,35)/t22-/m0/s1. The van der Waals surface area contributed by atoms with E-state index in [1.54, 1.807) is 54.6 Å². The van der Waals surface area contributed by atoms with Gasteiger partial charge in [-0.25, -0.2) is 23.2 Å². The van der Waals surface area contributed by atoms with Crippen molar-refractivity contribution in [3.05, 3.63) is 66.4 Å². The van der Waals surface area contributed by atoms with Crippen molar-refractivity contribution in [1.82, 2.24) is 15.3 Å². The van der Waals surface area contributed by atoms with Crippen LogP contribution >= 0.6 is 0 Å². The highest BCUT2D eigenvalue weighted by Crippen LogP contribution is 2.55. The molecule has 10 nitrogen and oxygen atoms in total. The third kappa shape index (κ3) is 5.67. The number of anilines is 2. The molecule has 1 saturated heterocycles. The maximum absolute atomic E-state index is 13.9. The summed E-state index contributed by atoms with van der Waals surface area (Å²) in [5.41, 5.74) is 0.338. The number of hydrogen-bond donors (Lipinski definition) is 3. The normalized spacial score (nSPS) is 18.7. The van der Waals surface area contributed by atoms with Crippen molar-refractivity contribution >= 4 is 27.4 Å². The minimum atomic E-state index is -3.69. The van der Waals surface area contributed by atoms with Crippen LogP contribution in [-0.4, -0.2) is 61.0 Å². The van der Waals surface area contributed by atoms with Gasteiger partial charge in [-0.05, 0) is 69.5 Å². The van der Waals surface area contributed by atoms with E-state index in [4.69, 9.17) is 14.7 Å². The molecule has 1 saturated carbocycles. The Balaban J connectivity index is 1.54. The van der Waals surface area contributed by atoms with Crippen molar-refractivity contribution in [2.75, 3.05) is 30.0 Å². The summed E-state index contributed by atoms with van der Waals surface area (Å²) < 4.78 is 32.3. The van der Waals surface area contributed by atoms with E-state index in [-0.39, 0.29) is 10.9 Å². The molecule has 0 radical (unpaired) electrons. The minimum Gasteiger partial charge on any atom is -0.377 e. The van der Waals surface area contributed by atoms with Crippen LogP contribution in [-0.2, 0) is 19.3 Å². The highest BCUT2D eigenvalue weighted by atomic mass is 32.2. The van der Waals surface area contributed by atoms with E-state index in [0.29, 0.717) is 61.2 Å². The zero-order chi connectivity index (χ0) is 28.5. The van der Waals surface area contributed by atoms with E-state index in [1.165, 1.54) is 13.8 Å². The van der Waals surface area contributed by atoms with Gasteiger partial charge in [0.2, 0.25) is 0 Å². The summed E-state index contributed by atoms with van der Waals surface area (Å²) in [6.07, 6.45) is 1.83. The number of aliphatic hydroxyl groups is 1. The van der Waals surface area contributed by atoms with Gasteiger partial charge in [0.1, 0.15) is 16.3 Å². The second kappa shape index (κ2) is 10.8. The number of carbonyl (C=O) groups excluding carboxylic acids is 1. The molecule has 1 aliphatic carbocycles. The van der Waals surface area contributed by atoms with Crippen LogP contribution in [0.1, 0.15) is 45.7 Å². The van der Waals surface area contributed by atoms with E-state index in [0.717, 1.165) is 6.42 Å². The largest absolute Gasteiger partial charge is 0.377 e. The molecular weight excluding hydrogens is 530 g/mol. The van der Waals surface area contributed by atoms with Crippen LogP contribution in [0.4, 0.5) is 16.3 Å². The van der Waals surface area contributed by atoms with Crippen LogP contribution in [0.3, 0.4) is 0 Å². The lowest BCUT2D eigenvalue weighted by molar-refractivity contribution is 0.0569. The Labute approximate surface area is 234 Å². The smallest absolute Gasteiger partial charge is 0.321 e. The molecule has 5 rings (SSSR count). The fourth-order valence-corrected chi connectivity index (χ4v) is 6.97. The van der Waals surface area contributed by atoms with E-state index in [2.05, 4.69) is 22.5 Å². The molecule has 40 heavy (non-hydrogen) atoms. The van der Waals surface area contributed by atoms with Gasteiger partial charge in [-0.3, -0.25) is 0 Å². The Morgan fingerprint density at radius 2 is 1.82 bits per heavy atom. The number of morpholine rings is 1. The number of ether oxygens (including phenoxy) is 1. The van der Waals surface area contributed by atoms with Crippen molar-refractivity contribution in [2.24, 2.45) is 0 Å². The lowest BCUT2D eigenvalue weighted by atomic mass is 10.1. The van der Waals surface area contributed by atoms with Crippen LogP contribution in [0.25, 0.3) is 11.4 Å². The fraction of sp³-hybridized carbons (Fsp3) is 0.414. The second-order valence-corrected chi connectivity index (χ2v) is 13.1. The number of nitrogens with zero attached hydrogens (tertiary/aromatic N) is 3. The molecule has 0 bridgehead atoms. The van der Waals surface area contributed by atoms with Crippen molar-refractivity contribution in [3.8, 4) is 11.4 Å². The maximum atomic E-state index is 13.9. The summed E-state index contributed by atoms with van der Waals surface area (Å²) >= 11 is 0. The van der Waals surface area contributed by atoms with Gasteiger partial charge >= 0.3 is 6.03 Å².